The summed E-state index contributed by atoms with van der Waals surface area (Å²) in [6, 6.07) is 1.99. The summed E-state index contributed by atoms with van der Waals surface area (Å²) in [6.45, 7) is 3.26. The molecule has 1 aliphatic heterocycles. The van der Waals surface area contributed by atoms with Gasteiger partial charge in [-0.2, -0.15) is 8.42 Å². The highest BCUT2D eigenvalue weighted by molar-refractivity contribution is 7.89. The predicted octanol–water partition coefficient (Wildman–Crippen LogP) is 1.03. The van der Waals surface area contributed by atoms with E-state index in [1.165, 1.54) is 12.3 Å². The summed E-state index contributed by atoms with van der Waals surface area (Å²) in [6.07, 6.45) is 1.38. The van der Waals surface area contributed by atoms with Gasteiger partial charge in [-0.25, -0.2) is 14.1 Å². The van der Waals surface area contributed by atoms with E-state index in [9.17, 15) is 13.2 Å². The van der Waals surface area contributed by atoms with E-state index in [0.29, 0.717) is 0 Å². The van der Waals surface area contributed by atoms with E-state index in [1.54, 1.807) is 19.9 Å². The Morgan fingerprint density at radius 2 is 2.12 bits per heavy atom. The largest absolute Gasteiger partial charge is 0.336 e. The second kappa shape index (κ2) is 3.44. The normalized spacial score (nSPS) is 18.2. The first-order chi connectivity index (χ1) is 7.44. The van der Waals surface area contributed by atoms with Crippen molar-refractivity contribution in [2.75, 3.05) is 5.32 Å². The fraction of sp³-hybridized carbons (Fsp3) is 0.333. The lowest BCUT2D eigenvalue weighted by Crippen LogP contribution is -2.47. The van der Waals surface area contributed by atoms with Gasteiger partial charge in [-0.15, -0.1) is 0 Å². The number of carbonyl (C=O) groups is 1. The zero-order valence-electron chi connectivity index (χ0n) is 8.84. The molecule has 1 aliphatic rings. The zero-order chi connectivity index (χ0) is 11.9. The van der Waals surface area contributed by atoms with Crippen LogP contribution in [0.4, 0.5) is 10.5 Å². The van der Waals surface area contributed by atoms with Crippen molar-refractivity contribution >= 4 is 21.7 Å². The number of pyridine rings is 1. The first kappa shape index (κ1) is 10.9. The van der Waals surface area contributed by atoms with E-state index in [4.69, 9.17) is 0 Å². The van der Waals surface area contributed by atoms with Gasteiger partial charge in [-0.3, -0.25) is 0 Å². The highest BCUT2D eigenvalue weighted by Gasteiger charge is 2.39. The Bertz CT molecular complexity index is 539. The molecule has 0 atom stereocenters. The highest BCUT2D eigenvalue weighted by Crippen LogP contribution is 2.28. The number of urea groups is 1. The molecule has 0 unspecified atom stereocenters. The van der Waals surface area contributed by atoms with Crippen molar-refractivity contribution in [3.8, 4) is 0 Å². The number of amides is 2. The van der Waals surface area contributed by atoms with Crippen LogP contribution in [0.3, 0.4) is 0 Å². The standard InChI is InChI=1S/C9H11N3O3S/c1-6(2)12-9(13)11-7-4-3-5-10-8(7)16(12,14)15/h3-6H,1-2H3,(H,11,13). The fourth-order valence-electron chi connectivity index (χ4n) is 1.58. The van der Waals surface area contributed by atoms with Gasteiger partial charge in [0.25, 0.3) is 10.0 Å². The molecule has 0 bridgehead atoms. The SMILES string of the molecule is CC(C)N1C(=O)Nc2cccnc2S1(=O)=O. The van der Waals surface area contributed by atoms with Gasteiger partial charge < -0.3 is 5.32 Å². The molecule has 1 N–H and O–H groups in total. The monoisotopic (exact) mass is 241 g/mol. The second-order valence-electron chi connectivity index (χ2n) is 3.68. The number of nitrogens with zero attached hydrogens (tertiary/aromatic N) is 2. The molecule has 1 aromatic rings. The Morgan fingerprint density at radius 1 is 1.44 bits per heavy atom. The molecule has 2 rings (SSSR count). The van der Waals surface area contributed by atoms with Gasteiger partial charge in [0.2, 0.25) is 0 Å². The Hall–Kier alpha value is -1.63. The van der Waals surface area contributed by atoms with Crippen LogP contribution in [0.1, 0.15) is 13.8 Å². The van der Waals surface area contributed by atoms with Crippen LogP contribution >= 0.6 is 0 Å². The van der Waals surface area contributed by atoms with Gasteiger partial charge in [0.15, 0.2) is 5.03 Å². The van der Waals surface area contributed by atoms with E-state index >= 15 is 0 Å². The third-order valence-electron chi connectivity index (χ3n) is 2.19. The van der Waals surface area contributed by atoms with Crippen LogP contribution < -0.4 is 5.32 Å². The van der Waals surface area contributed by atoms with Crippen molar-refractivity contribution in [2.45, 2.75) is 24.9 Å². The minimum Gasteiger partial charge on any atom is -0.304 e. The minimum atomic E-state index is -3.82. The van der Waals surface area contributed by atoms with E-state index < -0.39 is 22.1 Å². The Balaban J connectivity index is 2.65. The molecule has 0 radical (unpaired) electrons. The van der Waals surface area contributed by atoms with Crippen molar-refractivity contribution in [3.63, 3.8) is 0 Å². The summed E-state index contributed by atoms with van der Waals surface area (Å²) in [5.41, 5.74) is 0.226. The molecule has 2 amide bonds. The number of rotatable bonds is 1. The maximum absolute atomic E-state index is 12.1. The lowest BCUT2D eigenvalue weighted by molar-refractivity contribution is 0.228. The van der Waals surface area contributed by atoms with E-state index in [0.717, 1.165) is 4.31 Å². The predicted molar refractivity (Wildman–Crippen MR) is 57.4 cm³/mol. The maximum Gasteiger partial charge on any atom is 0.336 e. The number of aromatic nitrogens is 1. The van der Waals surface area contributed by atoms with Crippen molar-refractivity contribution in [1.82, 2.24) is 9.29 Å². The summed E-state index contributed by atoms with van der Waals surface area (Å²) in [5, 5.41) is 2.38. The van der Waals surface area contributed by atoms with E-state index in [-0.39, 0.29) is 10.7 Å². The molecule has 86 valence electrons. The van der Waals surface area contributed by atoms with Gasteiger partial charge >= 0.3 is 6.03 Å². The summed E-state index contributed by atoms with van der Waals surface area (Å²) >= 11 is 0. The molecule has 7 heteroatoms. The molecule has 0 saturated carbocycles. The Labute approximate surface area is 93.3 Å². The number of hydrogen-bond acceptors (Lipinski definition) is 4. The van der Waals surface area contributed by atoms with Crippen LogP contribution in [-0.2, 0) is 10.0 Å². The van der Waals surface area contributed by atoms with Crippen LogP contribution in [0.15, 0.2) is 23.4 Å². The molecule has 2 heterocycles. The number of carbonyl (C=O) groups excluding carboxylic acids is 1. The smallest absolute Gasteiger partial charge is 0.304 e. The van der Waals surface area contributed by atoms with Gasteiger partial charge in [0.1, 0.15) is 0 Å². The number of fused-ring (bicyclic) bond motifs is 1. The number of nitrogens with one attached hydrogen (secondary N) is 1. The van der Waals surface area contributed by atoms with Crippen LogP contribution in [0.2, 0.25) is 0 Å². The average Bonchev–Trinajstić information content (AvgIpc) is 2.15. The fourth-order valence-corrected chi connectivity index (χ4v) is 3.17. The van der Waals surface area contributed by atoms with Crippen molar-refractivity contribution in [2.24, 2.45) is 0 Å². The molecule has 6 nitrogen and oxygen atoms in total. The van der Waals surface area contributed by atoms with Gasteiger partial charge in [0.05, 0.1) is 5.69 Å². The van der Waals surface area contributed by atoms with Gasteiger partial charge in [0, 0.05) is 12.2 Å². The van der Waals surface area contributed by atoms with Crippen LogP contribution in [-0.4, -0.2) is 29.8 Å². The summed E-state index contributed by atoms with van der Waals surface area (Å²) in [4.78, 5) is 15.4. The molecule has 0 fully saturated rings. The lowest BCUT2D eigenvalue weighted by Gasteiger charge is -2.30. The quantitative estimate of drug-likeness (QED) is 0.796. The van der Waals surface area contributed by atoms with Crippen LogP contribution in [0.5, 0.6) is 0 Å². The van der Waals surface area contributed by atoms with Crippen molar-refractivity contribution in [3.05, 3.63) is 18.3 Å². The maximum atomic E-state index is 12.1. The summed E-state index contributed by atoms with van der Waals surface area (Å²) < 4.78 is 24.9. The summed E-state index contributed by atoms with van der Waals surface area (Å²) in [7, 11) is -3.82. The molecule has 0 saturated heterocycles. The third-order valence-corrected chi connectivity index (χ3v) is 4.10. The second-order valence-corrected chi connectivity index (χ2v) is 5.41. The Morgan fingerprint density at radius 3 is 2.75 bits per heavy atom. The third kappa shape index (κ3) is 1.44. The molecule has 16 heavy (non-hydrogen) atoms. The topological polar surface area (TPSA) is 79.4 Å². The van der Waals surface area contributed by atoms with Gasteiger partial charge in [-0.05, 0) is 26.0 Å². The highest BCUT2D eigenvalue weighted by atomic mass is 32.2. The van der Waals surface area contributed by atoms with E-state index in [2.05, 4.69) is 10.3 Å². The minimum absolute atomic E-state index is 0.108. The molecule has 0 aliphatic carbocycles. The molecule has 0 spiro atoms. The molecule has 1 aromatic heterocycles. The lowest BCUT2D eigenvalue weighted by atomic mass is 10.4. The van der Waals surface area contributed by atoms with Crippen molar-refractivity contribution < 1.29 is 13.2 Å². The van der Waals surface area contributed by atoms with Crippen LogP contribution in [0, 0.1) is 0 Å². The van der Waals surface area contributed by atoms with E-state index in [1.807, 2.05) is 0 Å². The number of hydrogen-bond donors (Lipinski definition) is 1. The Kier molecular flexibility index (Phi) is 2.34. The van der Waals surface area contributed by atoms with Crippen LogP contribution in [0.25, 0.3) is 0 Å². The van der Waals surface area contributed by atoms with Crippen molar-refractivity contribution in [1.29, 1.82) is 0 Å². The zero-order valence-corrected chi connectivity index (χ0v) is 9.65. The average molecular weight is 241 g/mol. The number of anilines is 1. The molecular formula is C9H11N3O3S. The van der Waals surface area contributed by atoms with Gasteiger partial charge in [-0.1, -0.05) is 0 Å². The number of sulfonamides is 1. The molecule has 0 aromatic carbocycles. The summed E-state index contributed by atoms with van der Waals surface area (Å²) in [5.74, 6) is 0. The first-order valence-electron chi connectivity index (χ1n) is 4.75. The molecular weight excluding hydrogens is 230 g/mol. The first-order valence-corrected chi connectivity index (χ1v) is 6.19.